The van der Waals surface area contributed by atoms with Gasteiger partial charge in [-0.1, -0.05) is 41.1 Å². The first-order chi connectivity index (χ1) is 9.86. The predicted octanol–water partition coefficient (Wildman–Crippen LogP) is 0.878. The number of thioether (sulfide) groups is 1. The van der Waals surface area contributed by atoms with Crippen LogP contribution < -0.4 is 16.9 Å². The minimum Gasteiger partial charge on any atom is -0.323 e. The Morgan fingerprint density at radius 1 is 1.29 bits per heavy atom. The second kappa shape index (κ2) is 6.28. The SMILES string of the molecule is Cc1cc(C)cc(C(N)CSc2nc(=O)c(=O)[nH]n2C)c1. The summed E-state index contributed by atoms with van der Waals surface area (Å²) in [7, 11) is 1.64. The maximum Gasteiger partial charge on any atom is 0.339 e. The molecule has 112 valence electrons. The van der Waals surface area contributed by atoms with Crippen molar-refractivity contribution in [2.24, 2.45) is 12.8 Å². The van der Waals surface area contributed by atoms with E-state index in [1.54, 1.807) is 7.05 Å². The van der Waals surface area contributed by atoms with Gasteiger partial charge in [-0.25, -0.2) is 0 Å². The van der Waals surface area contributed by atoms with Gasteiger partial charge in [-0.3, -0.25) is 19.4 Å². The van der Waals surface area contributed by atoms with Gasteiger partial charge in [0, 0.05) is 18.8 Å². The summed E-state index contributed by atoms with van der Waals surface area (Å²) in [4.78, 5) is 26.2. The van der Waals surface area contributed by atoms with Crippen LogP contribution in [0.1, 0.15) is 22.7 Å². The number of hydrogen-bond donors (Lipinski definition) is 2. The van der Waals surface area contributed by atoms with Crippen LogP contribution in [0.2, 0.25) is 0 Å². The number of benzene rings is 1. The molecule has 1 unspecified atom stereocenters. The lowest BCUT2D eigenvalue weighted by atomic mass is 10.0. The van der Waals surface area contributed by atoms with Crippen molar-refractivity contribution in [2.75, 3.05) is 5.75 Å². The van der Waals surface area contributed by atoms with Gasteiger partial charge in [0.25, 0.3) is 0 Å². The number of aryl methyl sites for hydroxylation is 3. The fourth-order valence-electron chi connectivity index (χ4n) is 2.07. The van der Waals surface area contributed by atoms with Crippen LogP contribution in [0.3, 0.4) is 0 Å². The molecule has 0 saturated heterocycles. The molecule has 1 aromatic carbocycles. The topological polar surface area (TPSA) is 93.8 Å². The Balaban J connectivity index is 2.14. The van der Waals surface area contributed by atoms with E-state index in [0.29, 0.717) is 10.9 Å². The van der Waals surface area contributed by atoms with Crippen LogP contribution in [-0.2, 0) is 7.05 Å². The second-order valence-electron chi connectivity index (χ2n) is 5.04. The smallest absolute Gasteiger partial charge is 0.323 e. The van der Waals surface area contributed by atoms with Gasteiger partial charge in [-0.05, 0) is 19.4 Å². The molecule has 0 amide bonds. The maximum atomic E-state index is 11.3. The van der Waals surface area contributed by atoms with Crippen LogP contribution >= 0.6 is 11.8 Å². The molecule has 6 nitrogen and oxygen atoms in total. The normalized spacial score (nSPS) is 12.4. The van der Waals surface area contributed by atoms with E-state index in [0.717, 1.165) is 5.56 Å². The molecule has 21 heavy (non-hydrogen) atoms. The zero-order valence-electron chi connectivity index (χ0n) is 12.2. The summed E-state index contributed by atoms with van der Waals surface area (Å²) in [5.74, 6) is 0.565. The van der Waals surface area contributed by atoms with Gasteiger partial charge in [0.1, 0.15) is 0 Å². The summed E-state index contributed by atoms with van der Waals surface area (Å²) in [5.41, 5.74) is 8.07. The van der Waals surface area contributed by atoms with Crippen LogP contribution in [0.4, 0.5) is 0 Å². The molecule has 0 bridgehead atoms. The fraction of sp³-hybridized carbons (Fsp3) is 0.357. The van der Waals surface area contributed by atoms with Gasteiger partial charge >= 0.3 is 11.1 Å². The highest BCUT2D eigenvalue weighted by atomic mass is 32.2. The van der Waals surface area contributed by atoms with E-state index in [-0.39, 0.29) is 6.04 Å². The molecule has 1 atom stereocenters. The molecular formula is C14H18N4O2S. The summed E-state index contributed by atoms with van der Waals surface area (Å²) in [5, 5.41) is 2.86. The number of nitrogens with two attached hydrogens (primary N) is 1. The number of nitrogens with zero attached hydrogens (tertiary/aromatic N) is 2. The molecule has 0 aliphatic carbocycles. The van der Waals surface area contributed by atoms with Crippen LogP contribution in [0, 0.1) is 13.8 Å². The largest absolute Gasteiger partial charge is 0.339 e. The van der Waals surface area contributed by atoms with E-state index >= 15 is 0 Å². The molecule has 1 aromatic heterocycles. The summed E-state index contributed by atoms with van der Waals surface area (Å²) < 4.78 is 1.43. The van der Waals surface area contributed by atoms with Crippen molar-refractivity contribution >= 4 is 11.8 Å². The molecule has 7 heteroatoms. The summed E-state index contributed by atoms with van der Waals surface area (Å²) in [6.07, 6.45) is 0. The summed E-state index contributed by atoms with van der Waals surface area (Å²) in [6, 6.07) is 6.03. The summed E-state index contributed by atoms with van der Waals surface area (Å²) in [6.45, 7) is 4.06. The molecule has 0 saturated carbocycles. The zero-order chi connectivity index (χ0) is 15.6. The van der Waals surface area contributed by atoms with Gasteiger partial charge in [-0.15, -0.1) is 0 Å². The minimum absolute atomic E-state index is 0.169. The van der Waals surface area contributed by atoms with E-state index in [1.807, 2.05) is 13.8 Å². The first-order valence-electron chi connectivity index (χ1n) is 6.50. The molecule has 0 fully saturated rings. The van der Waals surface area contributed by atoms with Crippen molar-refractivity contribution in [2.45, 2.75) is 25.0 Å². The molecule has 3 N–H and O–H groups in total. The first kappa shape index (κ1) is 15.5. The predicted molar refractivity (Wildman–Crippen MR) is 83.7 cm³/mol. The minimum atomic E-state index is -0.782. The Morgan fingerprint density at radius 2 is 1.90 bits per heavy atom. The van der Waals surface area contributed by atoms with E-state index in [1.165, 1.54) is 27.6 Å². The summed E-state index contributed by atoms with van der Waals surface area (Å²) >= 11 is 1.34. The third-order valence-corrected chi connectivity index (χ3v) is 4.16. The van der Waals surface area contributed by atoms with E-state index in [9.17, 15) is 9.59 Å². The number of aromatic nitrogens is 3. The van der Waals surface area contributed by atoms with Crippen LogP contribution in [0.15, 0.2) is 32.9 Å². The van der Waals surface area contributed by atoms with Crippen molar-refractivity contribution in [1.29, 1.82) is 0 Å². The van der Waals surface area contributed by atoms with Gasteiger partial charge in [0.05, 0.1) is 0 Å². The lowest BCUT2D eigenvalue weighted by Crippen LogP contribution is -2.34. The lowest BCUT2D eigenvalue weighted by Gasteiger charge is -2.14. The lowest BCUT2D eigenvalue weighted by molar-refractivity contribution is 0.595. The van der Waals surface area contributed by atoms with Gasteiger partial charge in [0.15, 0.2) is 5.16 Å². The van der Waals surface area contributed by atoms with Crippen LogP contribution in [-0.4, -0.2) is 20.5 Å². The monoisotopic (exact) mass is 306 g/mol. The van der Waals surface area contributed by atoms with Gasteiger partial charge in [-0.2, -0.15) is 4.98 Å². The third-order valence-electron chi connectivity index (χ3n) is 3.01. The number of H-pyrrole nitrogens is 1. The van der Waals surface area contributed by atoms with Crippen molar-refractivity contribution in [3.8, 4) is 0 Å². The Kier molecular flexibility index (Phi) is 4.64. The van der Waals surface area contributed by atoms with Gasteiger partial charge in [0.2, 0.25) is 0 Å². The molecule has 2 aromatic rings. The number of hydrogen-bond acceptors (Lipinski definition) is 5. The average Bonchev–Trinajstić information content (AvgIpc) is 2.40. The number of rotatable bonds is 4. The quantitative estimate of drug-likeness (QED) is 0.646. The van der Waals surface area contributed by atoms with Crippen molar-refractivity contribution < 1.29 is 0 Å². The molecule has 2 rings (SSSR count). The zero-order valence-corrected chi connectivity index (χ0v) is 13.0. The Bertz CT molecular complexity index is 746. The molecule has 1 heterocycles. The van der Waals surface area contributed by atoms with Crippen LogP contribution in [0.5, 0.6) is 0 Å². The van der Waals surface area contributed by atoms with Crippen molar-refractivity contribution in [1.82, 2.24) is 14.8 Å². The van der Waals surface area contributed by atoms with E-state index in [4.69, 9.17) is 5.73 Å². The fourth-order valence-corrected chi connectivity index (χ4v) is 2.98. The highest BCUT2D eigenvalue weighted by Gasteiger charge is 2.11. The van der Waals surface area contributed by atoms with Crippen molar-refractivity contribution in [3.05, 3.63) is 55.6 Å². The van der Waals surface area contributed by atoms with Crippen molar-refractivity contribution in [3.63, 3.8) is 0 Å². The average molecular weight is 306 g/mol. The number of nitrogens with one attached hydrogen (secondary N) is 1. The van der Waals surface area contributed by atoms with E-state index < -0.39 is 11.1 Å². The Hall–Kier alpha value is -1.86. The van der Waals surface area contributed by atoms with Crippen LogP contribution in [0.25, 0.3) is 0 Å². The molecule has 0 spiro atoms. The van der Waals surface area contributed by atoms with E-state index in [2.05, 4.69) is 28.3 Å². The molecule has 0 radical (unpaired) electrons. The third kappa shape index (κ3) is 3.83. The molecule has 0 aliphatic rings. The second-order valence-corrected chi connectivity index (χ2v) is 6.03. The molecule has 0 aliphatic heterocycles. The standard InChI is InChI=1S/C14H18N4O2S/c1-8-4-9(2)6-10(5-8)11(15)7-21-14-16-12(19)13(20)17-18(14)3/h4-6,11H,7,15H2,1-3H3,(H,17,20). The maximum absolute atomic E-state index is 11.3. The Labute approximate surface area is 126 Å². The molecular weight excluding hydrogens is 288 g/mol. The highest BCUT2D eigenvalue weighted by molar-refractivity contribution is 7.99. The first-order valence-corrected chi connectivity index (χ1v) is 7.49. The number of aromatic amines is 1. The highest BCUT2D eigenvalue weighted by Crippen LogP contribution is 2.22. The Morgan fingerprint density at radius 3 is 2.52 bits per heavy atom. The van der Waals surface area contributed by atoms with Gasteiger partial charge < -0.3 is 5.73 Å².